The van der Waals surface area contributed by atoms with Crippen LogP contribution in [0.15, 0.2) is 91.0 Å². The minimum atomic E-state index is -1.77. The molecule has 0 spiro atoms. The van der Waals surface area contributed by atoms with Crippen LogP contribution in [0.4, 0.5) is 0 Å². The molecule has 34 heavy (non-hydrogen) atoms. The molecule has 3 rings (SSSR count). The van der Waals surface area contributed by atoms with Crippen molar-refractivity contribution in [3.63, 3.8) is 0 Å². The van der Waals surface area contributed by atoms with E-state index in [1.807, 2.05) is 0 Å². The molecule has 0 amide bonds. The van der Waals surface area contributed by atoms with Gasteiger partial charge in [0.05, 0.1) is 52.4 Å². The lowest BCUT2D eigenvalue weighted by atomic mass is 10.4. The lowest BCUT2D eigenvalue weighted by Crippen LogP contribution is -3.00. The summed E-state index contributed by atoms with van der Waals surface area (Å²) in [4.78, 5) is 0. The van der Waals surface area contributed by atoms with Crippen LogP contribution in [0.3, 0.4) is 0 Å². The fraction of sp³-hybridized carbons (Fsp3) is 0.357. The first-order valence-corrected chi connectivity index (χ1v) is 13.6. The van der Waals surface area contributed by atoms with Crippen LogP contribution in [0, 0.1) is 0 Å². The molecule has 6 heteroatoms. The first-order valence-electron chi connectivity index (χ1n) is 11.6. The molecule has 0 fully saturated rings. The Hall–Kier alpha value is -1.34. The average molecular weight is 594 g/mol. The summed E-state index contributed by atoms with van der Waals surface area (Å²) in [5.41, 5.74) is 0. The molecule has 0 radical (unpaired) electrons. The number of benzene rings is 3. The van der Waals surface area contributed by atoms with E-state index in [1.54, 1.807) is 7.11 Å². The van der Waals surface area contributed by atoms with E-state index in [2.05, 4.69) is 91.0 Å². The van der Waals surface area contributed by atoms with Crippen LogP contribution in [0.5, 0.6) is 0 Å². The summed E-state index contributed by atoms with van der Waals surface area (Å²) >= 11 is 0. The SMILES string of the molecule is COCCOCCOCCOCCC[P+](c1ccccc1)(c1ccccc1)c1ccccc1.[I-]. The second kappa shape index (κ2) is 17.1. The van der Waals surface area contributed by atoms with Crippen molar-refractivity contribution < 1.29 is 42.9 Å². The van der Waals surface area contributed by atoms with Gasteiger partial charge in [0.15, 0.2) is 0 Å². The van der Waals surface area contributed by atoms with Crippen molar-refractivity contribution in [1.29, 1.82) is 0 Å². The van der Waals surface area contributed by atoms with E-state index in [1.165, 1.54) is 15.9 Å². The number of rotatable bonds is 16. The molecule has 0 aromatic heterocycles. The zero-order chi connectivity index (χ0) is 23.0. The molecule has 0 bridgehead atoms. The Morgan fingerprint density at radius 1 is 0.500 bits per heavy atom. The minimum Gasteiger partial charge on any atom is -1.00 e. The number of methoxy groups -OCH3 is 1. The van der Waals surface area contributed by atoms with Crippen molar-refractivity contribution in [2.24, 2.45) is 0 Å². The fourth-order valence-corrected chi connectivity index (χ4v) is 8.29. The van der Waals surface area contributed by atoms with E-state index in [0.29, 0.717) is 39.6 Å². The van der Waals surface area contributed by atoms with Crippen LogP contribution in [-0.2, 0) is 18.9 Å². The van der Waals surface area contributed by atoms with Crippen LogP contribution in [-0.4, -0.2) is 59.5 Å². The number of halogens is 1. The minimum absolute atomic E-state index is 0. The molecule has 0 heterocycles. The second-order valence-corrected chi connectivity index (χ2v) is 11.3. The van der Waals surface area contributed by atoms with E-state index in [4.69, 9.17) is 18.9 Å². The van der Waals surface area contributed by atoms with Gasteiger partial charge in [0.1, 0.15) is 23.2 Å². The van der Waals surface area contributed by atoms with Gasteiger partial charge in [-0.2, -0.15) is 0 Å². The van der Waals surface area contributed by atoms with Gasteiger partial charge < -0.3 is 42.9 Å². The van der Waals surface area contributed by atoms with E-state index in [9.17, 15) is 0 Å². The van der Waals surface area contributed by atoms with Crippen molar-refractivity contribution in [3.8, 4) is 0 Å². The van der Waals surface area contributed by atoms with Gasteiger partial charge in [-0.3, -0.25) is 0 Å². The maximum atomic E-state index is 5.91. The summed E-state index contributed by atoms with van der Waals surface area (Å²) in [6.07, 6.45) is 2.06. The van der Waals surface area contributed by atoms with Crippen molar-refractivity contribution in [3.05, 3.63) is 91.0 Å². The quantitative estimate of drug-likeness (QED) is 0.141. The molecular weight excluding hydrogens is 558 g/mol. The van der Waals surface area contributed by atoms with E-state index < -0.39 is 7.26 Å². The number of ether oxygens (including phenoxy) is 4. The molecule has 0 aliphatic rings. The van der Waals surface area contributed by atoms with Crippen molar-refractivity contribution in [2.45, 2.75) is 6.42 Å². The highest BCUT2D eigenvalue weighted by atomic mass is 127. The molecular formula is C28H36IO4P. The zero-order valence-electron chi connectivity index (χ0n) is 20.0. The Bertz CT molecular complexity index is 784. The summed E-state index contributed by atoms with van der Waals surface area (Å²) in [7, 11) is -0.102. The molecule has 0 aliphatic heterocycles. The van der Waals surface area contributed by atoms with Gasteiger partial charge >= 0.3 is 0 Å². The van der Waals surface area contributed by atoms with Crippen molar-refractivity contribution in [1.82, 2.24) is 0 Å². The summed E-state index contributed by atoms with van der Waals surface area (Å²) in [5.74, 6) is 0. The number of hydrogen-bond donors (Lipinski definition) is 0. The predicted octanol–water partition coefficient (Wildman–Crippen LogP) is 1.07. The Morgan fingerprint density at radius 2 is 0.853 bits per heavy atom. The molecule has 3 aromatic rings. The lowest BCUT2D eigenvalue weighted by Gasteiger charge is -2.27. The van der Waals surface area contributed by atoms with Crippen LogP contribution < -0.4 is 39.9 Å². The summed E-state index contributed by atoms with van der Waals surface area (Å²) in [6, 6.07) is 33.0. The molecule has 4 nitrogen and oxygen atoms in total. The second-order valence-electron chi connectivity index (χ2n) is 7.72. The van der Waals surface area contributed by atoms with Gasteiger partial charge in [0, 0.05) is 13.5 Å². The van der Waals surface area contributed by atoms with Gasteiger partial charge in [-0.1, -0.05) is 54.6 Å². The van der Waals surface area contributed by atoms with E-state index >= 15 is 0 Å². The first kappa shape index (κ1) is 28.9. The average Bonchev–Trinajstić information content (AvgIpc) is 2.89. The summed E-state index contributed by atoms with van der Waals surface area (Å²) in [6.45, 7) is 4.30. The lowest BCUT2D eigenvalue weighted by molar-refractivity contribution is -0.00000821. The molecule has 184 valence electrons. The molecule has 0 saturated carbocycles. The Kier molecular flexibility index (Phi) is 14.6. The third-order valence-corrected chi connectivity index (χ3v) is 10.1. The zero-order valence-corrected chi connectivity index (χ0v) is 23.0. The first-order chi connectivity index (χ1) is 16.4. The highest BCUT2D eigenvalue weighted by molar-refractivity contribution is 7.95. The maximum Gasteiger partial charge on any atom is 0.112 e. The van der Waals surface area contributed by atoms with Crippen LogP contribution >= 0.6 is 7.26 Å². The predicted molar refractivity (Wildman–Crippen MR) is 139 cm³/mol. The van der Waals surface area contributed by atoms with Gasteiger partial charge in [0.2, 0.25) is 0 Å². The molecule has 0 unspecified atom stereocenters. The van der Waals surface area contributed by atoms with Crippen molar-refractivity contribution >= 4 is 23.2 Å². The molecule has 0 saturated heterocycles. The van der Waals surface area contributed by atoms with Gasteiger partial charge in [-0.15, -0.1) is 0 Å². The Balaban J connectivity index is 0.00000408. The Labute approximate surface area is 222 Å². The highest BCUT2D eigenvalue weighted by Crippen LogP contribution is 2.55. The van der Waals surface area contributed by atoms with Crippen LogP contribution in [0.2, 0.25) is 0 Å². The normalized spacial score (nSPS) is 11.2. The number of hydrogen-bond acceptors (Lipinski definition) is 4. The summed E-state index contributed by atoms with van der Waals surface area (Å²) < 4.78 is 21.8. The van der Waals surface area contributed by atoms with E-state index in [0.717, 1.165) is 19.2 Å². The van der Waals surface area contributed by atoms with Gasteiger partial charge in [0.25, 0.3) is 0 Å². The van der Waals surface area contributed by atoms with E-state index in [-0.39, 0.29) is 24.0 Å². The van der Waals surface area contributed by atoms with Gasteiger partial charge in [-0.25, -0.2) is 0 Å². The fourth-order valence-electron chi connectivity index (χ4n) is 3.97. The molecule has 3 aromatic carbocycles. The third kappa shape index (κ3) is 8.71. The van der Waals surface area contributed by atoms with Crippen LogP contribution in [0.1, 0.15) is 6.42 Å². The summed E-state index contributed by atoms with van der Waals surface area (Å²) in [5, 5.41) is 4.25. The monoisotopic (exact) mass is 594 g/mol. The van der Waals surface area contributed by atoms with Gasteiger partial charge in [-0.05, 0) is 36.4 Å². The topological polar surface area (TPSA) is 36.9 Å². The molecule has 0 N–H and O–H groups in total. The molecule has 0 atom stereocenters. The van der Waals surface area contributed by atoms with Crippen LogP contribution in [0.25, 0.3) is 0 Å². The molecule has 0 aliphatic carbocycles. The smallest absolute Gasteiger partial charge is 0.112 e. The largest absolute Gasteiger partial charge is 1.00 e. The standard InChI is InChI=1S/C28H36O4P.HI/c1-29-19-20-31-23-24-32-22-21-30-18-11-25-33(26-12-5-2-6-13-26,27-14-7-3-8-15-27)28-16-9-4-10-17-28;/h2-10,12-17H,11,18-25H2,1H3;1H/q+1;/p-1. The highest BCUT2D eigenvalue weighted by Gasteiger charge is 2.44. The third-order valence-electron chi connectivity index (χ3n) is 5.55. The Morgan fingerprint density at radius 3 is 1.24 bits per heavy atom. The maximum absolute atomic E-state index is 5.91. The van der Waals surface area contributed by atoms with Crippen molar-refractivity contribution in [2.75, 3.05) is 59.5 Å².